The molecule has 1 aromatic carbocycles. The number of nitrogens with zero attached hydrogens (tertiary/aromatic N) is 6. The van der Waals surface area contributed by atoms with Gasteiger partial charge in [0.15, 0.2) is 5.82 Å². The Balaban J connectivity index is 1.69. The Morgan fingerprint density at radius 1 is 1.27 bits per heavy atom. The fourth-order valence-corrected chi connectivity index (χ4v) is 5.44. The van der Waals surface area contributed by atoms with Gasteiger partial charge in [-0.3, -0.25) is 5.10 Å². The smallest absolute Gasteiger partial charge is 0.417 e. The van der Waals surface area contributed by atoms with E-state index in [-0.39, 0.29) is 51.5 Å². The van der Waals surface area contributed by atoms with Crippen LogP contribution in [0.5, 0.6) is 11.9 Å². The topological polar surface area (TPSA) is 128 Å². The maximum absolute atomic E-state index is 16.5. The summed E-state index contributed by atoms with van der Waals surface area (Å²) in [7, 11) is 5.41. The van der Waals surface area contributed by atoms with Gasteiger partial charge in [-0.15, -0.1) is 0 Å². The van der Waals surface area contributed by atoms with Gasteiger partial charge in [0, 0.05) is 22.7 Å². The predicted molar refractivity (Wildman–Crippen MR) is 143 cm³/mol. The molecule has 10 nitrogen and oxygen atoms in total. The van der Waals surface area contributed by atoms with Crippen molar-refractivity contribution in [3.05, 3.63) is 53.1 Å². The zero-order chi connectivity index (χ0) is 29.2. The van der Waals surface area contributed by atoms with Gasteiger partial charge in [-0.25, -0.2) is 14.4 Å². The molecular formula is C26H21BF4N8O2. The van der Waals surface area contributed by atoms with Crippen LogP contribution in [-0.4, -0.2) is 50.8 Å². The van der Waals surface area contributed by atoms with E-state index < -0.39 is 46.9 Å². The number of benzene rings is 1. The molecule has 0 spiro atoms. The number of nitrogen functional groups attached to an aromatic ring is 1. The van der Waals surface area contributed by atoms with Crippen LogP contribution in [-0.2, 0) is 6.18 Å². The van der Waals surface area contributed by atoms with Crippen LogP contribution >= 0.6 is 0 Å². The van der Waals surface area contributed by atoms with Crippen LogP contribution in [0.3, 0.4) is 0 Å². The lowest BCUT2D eigenvalue weighted by molar-refractivity contribution is -0.137. The van der Waals surface area contributed by atoms with Crippen molar-refractivity contribution < 1.29 is 27.0 Å². The van der Waals surface area contributed by atoms with Crippen LogP contribution in [0.1, 0.15) is 36.6 Å². The van der Waals surface area contributed by atoms with Gasteiger partial charge in [0.05, 0.1) is 29.4 Å². The van der Waals surface area contributed by atoms with Crippen LogP contribution in [0.4, 0.5) is 29.2 Å². The van der Waals surface area contributed by atoms with Crippen LogP contribution in [0.15, 0.2) is 30.6 Å². The normalized spacial score (nSPS) is 16.1. The molecule has 2 atom stereocenters. The largest absolute Gasteiger partial charge is 0.541 e. The van der Waals surface area contributed by atoms with E-state index in [1.807, 2.05) is 13.8 Å². The van der Waals surface area contributed by atoms with E-state index in [0.717, 1.165) is 0 Å². The van der Waals surface area contributed by atoms with Gasteiger partial charge in [-0.2, -0.15) is 28.2 Å². The number of aromatic nitrogens is 6. The Bertz CT molecular complexity index is 1830. The summed E-state index contributed by atoms with van der Waals surface area (Å²) in [5.74, 6) is -0.864. The van der Waals surface area contributed by atoms with Crippen molar-refractivity contribution >= 4 is 41.5 Å². The first-order valence-electron chi connectivity index (χ1n) is 12.4. The second-order valence-corrected chi connectivity index (χ2v) is 9.74. The molecule has 4 aromatic heterocycles. The third-order valence-corrected chi connectivity index (χ3v) is 7.20. The monoisotopic (exact) mass is 564 g/mol. The molecular weight excluding hydrogens is 543 g/mol. The number of halogens is 4. The highest BCUT2D eigenvalue weighted by atomic mass is 19.4. The van der Waals surface area contributed by atoms with Gasteiger partial charge >= 0.3 is 14.2 Å². The molecule has 1 aliphatic rings. The molecule has 0 bridgehead atoms. The van der Waals surface area contributed by atoms with E-state index in [1.165, 1.54) is 19.2 Å². The summed E-state index contributed by atoms with van der Waals surface area (Å²) in [6.07, 6.45) is -2.10. The number of H-pyrrole nitrogens is 1. The van der Waals surface area contributed by atoms with E-state index >= 15 is 4.39 Å². The summed E-state index contributed by atoms with van der Waals surface area (Å²) in [6.45, 7) is 4.99. The highest BCUT2D eigenvalue weighted by Crippen LogP contribution is 2.47. The predicted octanol–water partition coefficient (Wildman–Crippen LogP) is 4.82. The molecule has 1 unspecified atom stereocenters. The van der Waals surface area contributed by atoms with E-state index in [2.05, 4.69) is 30.1 Å². The molecule has 3 N–H and O–H groups in total. The molecule has 5 aromatic rings. The number of hydrogen-bond donors (Lipinski definition) is 2. The van der Waals surface area contributed by atoms with Crippen molar-refractivity contribution in [3.63, 3.8) is 0 Å². The number of pyridine rings is 2. The van der Waals surface area contributed by atoms with Gasteiger partial charge in [-0.1, -0.05) is 6.07 Å². The average molecular weight is 564 g/mol. The fraction of sp³-hybridized carbons (Fsp3) is 0.269. The Morgan fingerprint density at radius 2 is 2.05 bits per heavy atom. The Morgan fingerprint density at radius 3 is 2.76 bits per heavy atom. The van der Waals surface area contributed by atoms with E-state index in [4.69, 9.17) is 23.2 Å². The van der Waals surface area contributed by atoms with Gasteiger partial charge in [0.2, 0.25) is 5.88 Å². The zero-order valence-corrected chi connectivity index (χ0v) is 21.9. The number of anilines is 2. The standard InChI is InChI=1S/C26H21BF4N8O2/c1-10-7-15-14(8-34-38-15)16(18(10)26(29,30)31)20-19(28)21-17-23(37-25(36-21)41-27)39(11(2)9-40-24(17)35-20)12(3)13-5-4-6-33-22(13)32/h4-8,11-12H,9H2,1-3H3,(H2,32,33)(H,34,38)/t11-,12?/m0/s1. The molecule has 6 rings (SSSR count). The SMILES string of the molecule is [B]Oc1nc2c3c(nc(-c4c(C(F)(F)F)c(C)cc5[nH]ncc45)c(F)c3n1)OC[C@H](C)N2C(C)c1cccnc1N. The first-order chi connectivity index (χ1) is 19.5. The molecule has 0 amide bonds. The molecule has 15 heteroatoms. The molecule has 0 aliphatic carbocycles. The Hall–Kier alpha value is -4.69. The first kappa shape index (κ1) is 26.5. The highest BCUT2D eigenvalue weighted by Gasteiger charge is 2.40. The summed E-state index contributed by atoms with van der Waals surface area (Å²) >= 11 is 0. The number of fused-ring (bicyclic) bond motifs is 1. The van der Waals surface area contributed by atoms with Crippen molar-refractivity contribution in [3.8, 4) is 23.1 Å². The number of aryl methyl sites for hydroxylation is 1. The molecule has 2 radical (unpaired) electrons. The zero-order valence-electron chi connectivity index (χ0n) is 21.9. The number of alkyl halides is 3. The number of hydrogen-bond acceptors (Lipinski definition) is 9. The van der Waals surface area contributed by atoms with Crippen molar-refractivity contribution in [2.24, 2.45) is 0 Å². The van der Waals surface area contributed by atoms with Gasteiger partial charge in [0.25, 0.3) is 6.01 Å². The minimum atomic E-state index is -4.84. The van der Waals surface area contributed by atoms with Crippen LogP contribution < -0.4 is 20.0 Å². The summed E-state index contributed by atoms with van der Waals surface area (Å²) in [5.41, 5.74) is 4.38. The lowest BCUT2D eigenvalue weighted by Gasteiger charge is -2.34. The number of ether oxygens (including phenoxy) is 1. The van der Waals surface area contributed by atoms with Crippen molar-refractivity contribution in [1.29, 1.82) is 0 Å². The molecule has 0 fully saturated rings. The van der Waals surface area contributed by atoms with Crippen molar-refractivity contribution in [2.45, 2.75) is 39.0 Å². The lowest BCUT2D eigenvalue weighted by Crippen LogP contribution is -2.39. The van der Waals surface area contributed by atoms with Crippen molar-refractivity contribution in [2.75, 3.05) is 17.2 Å². The lowest BCUT2D eigenvalue weighted by atomic mass is 9.94. The number of rotatable bonds is 4. The molecule has 41 heavy (non-hydrogen) atoms. The molecule has 5 heterocycles. The van der Waals surface area contributed by atoms with Crippen LogP contribution in [0, 0.1) is 12.7 Å². The quantitative estimate of drug-likeness (QED) is 0.233. The average Bonchev–Trinajstić information content (AvgIpc) is 3.34. The molecule has 0 saturated heterocycles. The van der Waals surface area contributed by atoms with E-state index in [9.17, 15) is 13.2 Å². The Kier molecular flexibility index (Phi) is 6.12. The first-order valence-corrected chi connectivity index (χ1v) is 12.4. The highest BCUT2D eigenvalue weighted by molar-refractivity contribution is 6.03. The van der Waals surface area contributed by atoms with E-state index in [1.54, 1.807) is 23.2 Å². The Labute approximate surface area is 231 Å². The number of nitrogens with two attached hydrogens (primary N) is 1. The van der Waals surface area contributed by atoms with Gasteiger partial charge < -0.3 is 20.0 Å². The van der Waals surface area contributed by atoms with E-state index in [0.29, 0.717) is 5.56 Å². The summed E-state index contributed by atoms with van der Waals surface area (Å²) in [6, 6.07) is 3.54. The number of nitrogens with one attached hydrogen (secondary N) is 1. The minimum absolute atomic E-state index is 0.0217. The second-order valence-electron chi connectivity index (χ2n) is 9.74. The van der Waals surface area contributed by atoms with Gasteiger partial charge in [-0.05, 0) is 38.5 Å². The number of aromatic amines is 1. The fourth-order valence-electron chi connectivity index (χ4n) is 5.44. The summed E-state index contributed by atoms with van der Waals surface area (Å²) < 4.78 is 70.5. The summed E-state index contributed by atoms with van der Waals surface area (Å²) in [5, 5.41) is 6.58. The van der Waals surface area contributed by atoms with Crippen LogP contribution in [0.2, 0.25) is 0 Å². The third-order valence-electron chi connectivity index (χ3n) is 7.20. The maximum atomic E-state index is 16.5. The van der Waals surface area contributed by atoms with Gasteiger partial charge in [0.1, 0.15) is 34.8 Å². The van der Waals surface area contributed by atoms with Crippen LogP contribution in [0.25, 0.3) is 33.1 Å². The molecule has 0 saturated carbocycles. The minimum Gasteiger partial charge on any atom is -0.541 e. The molecule has 208 valence electrons. The maximum Gasteiger partial charge on any atom is 0.417 e. The van der Waals surface area contributed by atoms with Crippen molar-refractivity contribution in [1.82, 2.24) is 30.1 Å². The molecule has 1 aliphatic heterocycles. The second kappa shape index (κ2) is 9.46. The third kappa shape index (κ3) is 4.14. The summed E-state index contributed by atoms with van der Waals surface area (Å²) in [4.78, 5) is 18.8.